The van der Waals surface area contributed by atoms with Gasteiger partial charge in [-0.25, -0.2) is 13.4 Å². The zero-order valence-electron chi connectivity index (χ0n) is 13.4. The molecule has 24 heavy (non-hydrogen) atoms. The summed E-state index contributed by atoms with van der Waals surface area (Å²) in [5, 5.41) is 7.77. The van der Waals surface area contributed by atoms with Crippen molar-refractivity contribution in [3.8, 4) is 0 Å². The molecule has 0 aromatic carbocycles. The van der Waals surface area contributed by atoms with Gasteiger partial charge in [0.1, 0.15) is 12.7 Å². The van der Waals surface area contributed by atoms with Gasteiger partial charge in [0.2, 0.25) is 0 Å². The fourth-order valence-electron chi connectivity index (χ4n) is 3.61. The lowest BCUT2D eigenvalue weighted by molar-refractivity contribution is -0.0332. The molecule has 0 amide bonds. The second-order valence-electron chi connectivity index (χ2n) is 6.58. The first-order chi connectivity index (χ1) is 11.5. The summed E-state index contributed by atoms with van der Waals surface area (Å²) < 4.78 is 36.8. The second kappa shape index (κ2) is 5.64. The summed E-state index contributed by atoms with van der Waals surface area (Å²) >= 11 is 0. The molecule has 2 aromatic heterocycles. The highest BCUT2D eigenvalue weighted by atomic mass is 32.2. The average molecular weight is 352 g/mol. The zero-order valence-corrected chi connectivity index (χ0v) is 14.3. The van der Waals surface area contributed by atoms with E-state index in [0.717, 1.165) is 19.3 Å². The lowest BCUT2D eigenvalue weighted by Gasteiger charge is -2.38. The van der Waals surface area contributed by atoms with Gasteiger partial charge in [-0.15, -0.1) is 10.2 Å². The number of piperidine rings is 1. The molecule has 0 bridgehead atoms. The summed E-state index contributed by atoms with van der Waals surface area (Å²) in [6.07, 6.45) is 8.80. The maximum atomic E-state index is 12.8. The van der Waals surface area contributed by atoms with Crippen LogP contribution in [0.5, 0.6) is 0 Å². The van der Waals surface area contributed by atoms with E-state index in [4.69, 9.17) is 4.74 Å². The van der Waals surface area contributed by atoms with Crippen molar-refractivity contribution in [1.29, 1.82) is 0 Å². The molecular formula is C14H20N6O3S. The molecule has 0 radical (unpaired) electrons. The molecule has 9 nitrogen and oxygen atoms in total. The molecule has 1 spiro atoms. The summed E-state index contributed by atoms with van der Waals surface area (Å²) in [6, 6.07) is 0.150. The van der Waals surface area contributed by atoms with Crippen LogP contribution in [0.2, 0.25) is 0 Å². The molecule has 0 saturated carbocycles. The highest BCUT2D eigenvalue weighted by Gasteiger charge is 2.47. The highest BCUT2D eigenvalue weighted by Crippen LogP contribution is 2.40. The normalized spacial score (nSPS) is 28.6. The quantitative estimate of drug-likeness (QED) is 0.783. The summed E-state index contributed by atoms with van der Waals surface area (Å²) in [4.78, 5) is 4.01. The van der Waals surface area contributed by atoms with Crippen molar-refractivity contribution in [2.75, 3.05) is 19.7 Å². The minimum Gasteiger partial charge on any atom is -0.371 e. The Morgan fingerprint density at radius 1 is 1.29 bits per heavy atom. The Hall–Kier alpha value is -1.78. The van der Waals surface area contributed by atoms with Crippen LogP contribution in [0.25, 0.3) is 0 Å². The summed E-state index contributed by atoms with van der Waals surface area (Å²) in [5.41, 5.74) is -0.435. The zero-order chi connectivity index (χ0) is 16.8. The van der Waals surface area contributed by atoms with Crippen molar-refractivity contribution in [2.45, 2.75) is 35.9 Å². The van der Waals surface area contributed by atoms with Crippen molar-refractivity contribution in [2.24, 2.45) is 7.05 Å². The monoisotopic (exact) mass is 352 g/mol. The van der Waals surface area contributed by atoms with E-state index in [-0.39, 0.29) is 11.1 Å². The van der Waals surface area contributed by atoms with Gasteiger partial charge in [0.15, 0.2) is 5.03 Å². The molecule has 2 aliphatic rings. The van der Waals surface area contributed by atoms with Crippen molar-refractivity contribution < 1.29 is 13.2 Å². The fraction of sp³-hybridized carbons (Fsp3) is 0.643. The molecule has 10 heteroatoms. The number of hydrogen-bond donors (Lipinski definition) is 0. The van der Waals surface area contributed by atoms with Crippen LogP contribution in [0.1, 0.15) is 25.3 Å². The molecule has 0 unspecified atom stereocenters. The number of nitrogens with zero attached hydrogens (tertiary/aromatic N) is 6. The van der Waals surface area contributed by atoms with Crippen LogP contribution < -0.4 is 0 Å². The molecule has 2 aromatic rings. The van der Waals surface area contributed by atoms with Gasteiger partial charge in [0.25, 0.3) is 10.0 Å². The van der Waals surface area contributed by atoms with Crippen LogP contribution in [0.4, 0.5) is 0 Å². The Morgan fingerprint density at radius 2 is 2.08 bits per heavy atom. The number of ether oxygens (including phenoxy) is 1. The third-order valence-corrected chi connectivity index (χ3v) is 6.57. The van der Waals surface area contributed by atoms with Gasteiger partial charge in [-0.3, -0.25) is 0 Å². The molecule has 4 rings (SSSR count). The number of aromatic nitrogens is 5. The number of imidazole rings is 1. The van der Waals surface area contributed by atoms with Crippen molar-refractivity contribution in [1.82, 2.24) is 28.6 Å². The molecule has 0 aliphatic carbocycles. The van der Waals surface area contributed by atoms with Gasteiger partial charge in [-0.1, -0.05) is 0 Å². The van der Waals surface area contributed by atoms with E-state index >= 15 is 0 Å². The van der Waals surface area contributed by atoms with Crippen molar-refractivity contribution in [3.05, 3.63) is 25.2 Å². The van der Waals surface area contributed by atoms with Crippen LogP contribution in [0.3, 0.4) is 0 Å². The van der Waals surface area contributed by atoms with Gasteiger partial charge >= 0.3 is 0 Å². The molecule has 130 valence electrons. The molecule has 2 aliphatic heterocycles. The average Bonchev–Trinajstić information content (AvgIpc) is 3.28. The van der Waals surface area contributed by atoms with Crippen LogP contribution >= 0.6 is 0 Å². The van der Waals surface area contributed by atoms with E-state index in [2.05, 4.69) is 15.2 Å². The summed E-state index contributed by atoms with van der Waals surface area (Å²) in [5.74, 6) is 0. The first-order valence-corrected chi connectivity index (χ1v) is 9.39. The third-order valence-electron chi connectivity index (χ3n) is 4.84. The van der Waals surface area contributed by atoms with Crippen LogP contribution in [-0.2, 0) is 21.8 Å². The maximum absolute atomic E-state index is 12.8. The second-order valence-corrected chi connectivity index (χ2v) is 8.47. The summed E-state index contributed by atoms with van der Waals surface area (Å²) in [7, 11) is -1.83. The predicted molar refractivity (Wildman–Crippen MR) is 83.6 cm³/mol. The third kappa shape index (κ3) is 2.64. The van der Waals surface area contributed by atoms with Crippen LogP contribution in [-0.4, -0.2) is 62.3 Å². The number of hydrogen-bond acceptors (Lipinski definition) is 6. The number of sulfonamides is 1. The first-order valence-electron chi connectivity index (χ1n) is 7.95. The minimum atomic E-state index is -3.59. The van der Waals surface area contributed by atoms with Gasteiger partial charge in [-0.05, 0) is 12.8 Å². The van der Waals surface area contributed by atoms with E-state index in [1.165, 1.54) is 16.8 Å². The SMILES string of the molecule is Cn1cnc(S(=O)(=O)N2CCC[C@@]3(C[C@@H](n4cnnc4)CO3)C2)c1. The van der Waals surface area contributed by atoms with E-state index in [0.29, 0.717) is 19.7 Å². The largest absolute Gasteiger partial charge is 0.371 e. The van der Waals surface area contributed by atoms with E-state index in [9.17, 15) is 8.42 Å². The van der Waals surface area contributed by atoms with E-state index in [1.807, 2.05) is 4.57 Å². The van der Waals surface area contributed by atoms with Gasteiger partial charge < -0.3 is 13.9 Å². The fourth-order valence-corrected chi connectivity index (χ4v) is 5.13. The Bertz CT molecular complexity index is 817. The lowest BCUT2D eigenvalue weighted by Crippen LogP contribution is -2.50. The van der Waals surface area contributed by atoms with Gasteiger partial charge in [0, 0.05) is 32.8 Å². The number of rotatable bonds is 3. The van der Waals surface area contributed by atoms with Gasteiger partial charge in [0.05, 0.1) is 24.6 Å². The van der Waals surface area contributed by atoms with Crippen LogP contribution in [0, 0.1) is 0 Å². The van der Waals surface area contributed by atoms with E-state index < -0.39 is 15.6 Å². The molecule has 2 saturated heterocycles. The smallest absolute Gasteiger partial charge is 0.262 e. The van der Waals surface area contributed by atoms with E-state index in [1.54, 1.807) is 24.3 Å². The predicted octanol–water partition coefficient (Wildman–Crippen LogP) is 0.196. The Kier molecular flexibility index (Phi) is 3.70. The van der Waals surface area contributed by atoms with Crippen LogP contribution in [0.15, 0.2) is 30.2 Å². The lowest BCUT2D eigenvalue weighted by atomic mass is 9.90. The first kappa shape index (κ1) is 15.7. The highest BCUT2D eigenvalue weighted by molar-refractivity contribution is 7.89. The van der Waals surface area contributed by atoms with Gasteiger partial charge in [-0.2, -0.15) is 4.31 Å². The number of aryl methyl sites for hydroxylation is 1. The topological polar surface area (TPSA) is 95.1 Å². The standard InChI is InChI=1S/C14H20N6O3S/c1-18-6-13(15-9-18)24(21,22)20-4-2-3-14(8-20)5-12(7-23-14)19-10-16-17-11-19/h6,9-12H,2-5,7-8H2,1H3/t12-,14-/m1/s1. The minimum absolute atomic E-state index is 0.0930. The molecular weight excluding hydrogens is 332 g/mol. The Morgan fingerprint density at radius 3 is 2.79 bits per heavy atom. The maximum Gasteiger partial charge on any atom is 0.262 e. The Balaban J connectivity index is 1.54. The van der Waals surface area contributed by atoms with Crippen molar-refractivity contribution in [3.63, 3.8) is 0 Å². The molecule has 4 heterocycles. The van der Waals surface area contributed by atoms with Crippen molar-refractivity contribution >= 4 is 10.0 Å². The molecule has 2 fully saturated rings. The molecule has 2 atom stereocenters. The Labute approximate surface area is 140 Å². The molecule has 0 N–H and O–H groups in total. The summed E-state index contributed by atoms with van der Waals surface area (Å²) in [6.45, 7) is 1.42.